The molecule has 0 aliphatic heterocycles. The maximum Gasteiger partial charge on any atom is 0.290 e. The molecule has 132 valence electrons. The first kappa shape index (κ1) is 22.1. The molecule has 0 aliphatic rings. The monoisotopic (exact) mass is 385 g/mol. The van der Waals surface area contributed by atoms with Crippen molar-refractivity contribution in [2.24, 2.45) is 11.7 Å². The third kappa shape index (κ3) is 5.29. The minimum Gasteiger partial charge on any atom is -0.327 e. The molecule has 0 aromatic heterocycles. The summed E-state index contributed by atoms with van der Waals surface area (Å²) in [6.07, 6.45) is 0.450. The zero-order valence-corrected chi connectivity index (χ0v) is 15.5. The van der Waals surface area contributed by atoms with Crippen LogP contribution in [0.3, 0.4) is 0 Å². The van der Waals surface area contributed by atoms with Gasteiger partial charge in [-0.2, -0.15) is 0 Å². The Balaban J connectivity index is 0.00000484. The third-order valence-electron chi connectivity index (χ3n) is 3.44. The summed E-state index contributed by atoms with van der Waals surface area (Å²) in [6.45, 7) is 4.04. The SMILES string of the molecule is CC(C)C(N)CCN(C)S(=O)(=O)c1c(Cl)cccc1[N+](=O)[O-].Cl. The maximum absolute atomic E-state index is 12.6. The zero-order valence-electron chi connectivity index (χ0n) is 13.1. The highest BCUT2D eigenvalue weighted by atomic mass is 35.5. The Labute approximate surface area is 147 Å². The highest BCUT2D eigenvalue weighted by Crippen LogP contribution is 2.32. The first-order valence-corrected chi connectivity index (χ1v) is 8.55. The van der Waals surface area contributed by atoms with Crippen molar-refractivity contribution in [3.05, 3.63) is 33.3 Å². The van der Waals surface area contributed by atoms with E-state index in [-0.39, 0.29) is 35.9 Å². The number of nitrogens with zero attached hydrogens (tertiary/aromatic N) is 2. The fraction of sp³-hybridized carbons (Fsp3) is 0.538. The normalized spacial score (nSPS) is 13.0. The molecule has 1 rings (SSSR count). The number of hydrogen-bond donors (Lipinski definition) is 1. The highest BCUT2D eigenvalue weighted by molar-refractivity contribution is 7.89. The van der Waals surface area contributed by atoms with E-state index in [9.17, 15) is 18.5 Å². The van der Waals surface area contributed by atoms with E-state index in [2.05, 4.69) is 0 Å². The van der Waals surface area contributed by atoms with E-state index in [0.717, 1.165) is 10.4 Å². The molecule has 0 aliphatic carbocycles. The fourth-order valence-corrected chi connectivity index (χ4v) is 3.68. The Morgan fingerprint density at radius 3 is 2.43 bits per heavy atom. The zero-order chi connectivity index (χ0) is 17.1. The number of benzene rings is 1. The molecule has 0 heterocycles. The molecule has 0 fully saturated rings. The van der Waals surface area contributed by atoms with Crippen LogP contribution in [0.25, 0.3) is 0 Å². The Morgan fingerprint density at radius 1 is 1.39 bits per heavy atom. The molecule has 0 saturated heterocycles. The average molecular weight is 386 g/mol. The summed E-state index contributed by atoms with van der Waals surface area (Å²) in [5, 5.41) is 10.9. The summed E-state index contributed by atoms with van der Waals surface area (Å²) in [7, 11) is -2.71. The molecule has 0 bridgehead atoms. The van der Waals surface area contributed by atoms with Gasteiger partial charge >= 0.3 is 0 Å². The Kier molecular flexibility index (Phi) is 8.44. The molecular formula is C13H21Cl2N3O4S. The predicted octanol–water partition coefficient (Wildman–Crippen LogP) is 2.66. The average Bonchev–Trinajstić information content (AvgIpc) is 2.43. The van der Waals surface area contributed by atoms with Gasteiger partial charge in [0.1, 0.15) is 0 Å². The lowest BCUT2D eigenvalue weighted by Crippen LogP contribution is -2.35. The molecule has 2 N–H and O–H groups in total. The van der Waals surface area contributed by atoms with Crippen LogP contribution < -0.4 is 5.73 Å². The van der Waals surface area contributed by atoms with Gasteiger partial charge in [-0.15, -0.1) is 12.4 Å². The van der Waals surface area contributed by atoms with Crippen molar-refractivity contribution in [3.8, 4) is 0 Å². The van der Waals surface area contributed by atoms with Crippen LogP contribution in [0.5, 0.6) is 0 Å². The van der Waals surface area contributed by atoms with Crippen LogP contribution in [0, 0.1) is 16.0 Å². The van der Waals surface area contributed by atoms with Crippen molar-refractivity contribution >= 4 is 39.7 Å². The Hall–Kier alpha value is -0.930. The molecule has 1 aromatic rings. The summed E-state index contributed by atoms with van der Waals surface area (Å²) in [6, 6.07) is 3.62. The summed E-state index contributed by atoms with van der Waals surface area (Å²) in [4.78, 5) is 9.80. The van der Waals surface area contributed by atoms with Gasteiger partial charge in [-0.1, -0.05) is 31.5 Å². The van der Waals surface area contributed by atoms with Gasteiger partial charge in [-0.25, -0.2) is 12.7 Å². The van der Waals surface area contributed by atoms with Gasteiger partial charge in [0.2, 0.25) is 0 Å². The fourth-order valence-electron chi connectivity index (χ4n) is 1.84. The van der Waals surface area contributed by atoms with Gasteiger partial charge in [0.15, 0.2) is 4.90 Å². The molecular weight excluding hydrogens is 365 g/mol. The van der Waals surface area contributed by atoms with E-state index < -0.39 is 25.5 Å². The lowest BCUT2D eigenvalue weighted by molar-refractivity contribution is -0.387. The van der Waals surface area contributed by atoms with Crippen LogP contribution in [0.1, 0.15) is 20.3 Å². The molecule has 1 atom stereocenters. The van der Waals surface area contributed by atoms with Gasteiger partial charge in [-0.05, 0) is 18.4 Å². The second-order valence-corrected chi connectivity index (χ2v) is 7.76. The molecule has 1 unspecified atom stereocenters. The molecule has 0 spiro atoms. The van der Waals surface area contributed by atoms with Crippen LogP contribution >= 0.6 is 24.0 Å². The quantitative estimate of drug-likeness (QED) is 0.573. The lowest BCUT2D eigenvalue weighted by atomic mass is 10.0. The Bertz CT molecular complexity index is 653. The molecule has 0 amide bonds. The lowest BCUT2D eigenvalue weighted by Gasteiger charge is -2.21. The van der Waals surface area contributed by atoms with Crippen molar-refractivity contribution in [3.63, 3.8) is 0 Å². The molecule has 23 heavy (non-hydrogen) atoms. The largest absolute Gasteiger partial charge is 0.327 e. The summed E-state index contributed by atoms with van der Waals surface area (Å²) in [5.41, 5.74) is 5.36. The molecule has 7 nitrogen and oxygen atoms in total. The van der Waals surface area contributed by atoms with E-state index in [1.54, 1.807) is 0 Å². The summed E-state index contributed by atoms with van der Waals surface area (Å²) in [5.74, 6) is 0.214. The highest BCUT2D eigenvalue weighted by Gasteiger charge is 2.32. The van der Waals surface area contributed by atoms with Crippen molar-refractivity contribution < 1.29 is 13.3 Å². The van der Waals surface area contributed by atoms with E-state index in [1.165, 1.54) is 19.2 Å². The minimum absolute atomic E-state index is 0. The van der Waals surface area contributed by atoms with Gasteiger partial charge < -0.3 is 5.73 Å². The maximum atomic E-state index is 12.6. The van der Waals surface area contributed by atoms with Crippen molar-refractivity contribution in [1.29, 1.82) is 0 Å². The van der Waals surface area contributed by atoms with E-state index in [1.807, 2.05) is 13.8 Å². The van der Waals surface area contributed by atoms with E-state index >= 15 is 0 Å². The van der Waals surface area contributed by atoms with Crippen LogP contribution in [0.15, 0.2) is 23.1 Å². The second kappa shape index (κ2) is 8.79. The standard InChI is InChI=1S/C13H20ClN3O4S.ClH/c1-9(2)11(15)7-8-16(3)22(20,21)13-10(14)5-4-6-12(13)17(18)19;/h4-6,9,11H,7-8,15H2,1-3H3;1H. The minimum atomic E-state index is -4.06. The second-order valence-electron chi connectivity index (χ2n) is 5.37. The predicted molar refractivity (Wildman–Crippen MR) is 92.6 cm³/mol. The molecule has 0 radical (unpaired) electrons. The number of nitro benzene ring substituents is 1. The molecule has 0 saturated carbocycles. The van der Waals surface area contributed by atoms with Crippen LogP contribution in [0.4, 0.5) is 5.69 Å². The number of nitro groups is 1. The topological polar surface area (TPSA) is 107 Å². The smallest absolute Gasteiger partial charge is 0.290 e. The Morgan fingerprint density at radius 2 is 1.96 bits per heavy atom. The molecule has 1 aromatic carbocycles. The number of halogens is 2. The van der Waals surface area contributed by atoms with Gasteiger partial charge in [0.05, 0.1) is 9.95 Å². The van der Waals surface area contributed by atoms with Gasteiger partial charge in [0, 0.05) is 25.7 Å². The number of sulfonamides is 1. The van der Waals surface area contributed by atoms with Crippen LogP contribution in [-0.4, -0.2) is 37.3 Å². The first-order valence-electron chi connectivity index (χ1n) is 6.73. The van der Waals surface area contributed by atoms with Gasteiger partial charge in [-0.3, -0.25) is 10.1 Å². The number of rotatable bonds is 7. The van der Waals surface area contributed by atoms with Crippen molar-refractivity contribution in [2.75, 3.05) is 13.6 Å². The third-order valence-corrected chi connectivity index (χ3v) is 5.82. The van der Waals surface area contributed by atoms with Crippen molar-refractivity contribution in [1.82, 2.24) is 4.31 Å². The van der Waals surface area contributed by atoms with Gasteiger partial charge in [0.25, 0.3) is 15.7 Å². The van der Waals surface area contributed by atoms with Crippen LogP contribution in [-0.2, 0) is 10.0 Å². The number of hydrogen-bond acceptors (Lipinski definition) is 5. The first-order chi connectivity index (χ1) is 10.1. The summed E-state index contributed by atoms with van der Waals surface area (Å²) < 4.78 is 26.2. The number of nitrogens with two attached hydrogens (primary N) is 1. The van der Waals surface area contributed by atoms with Crippen LogP contribution in [0.2, 0.25) is 5.02 Å². The molecule has 10 heteroatoms. The van der Waals surface area contributed by atoms with E-state index in [4.69, 9.17) is 17.3 Å². The van der Waals surface area contributed by atoms with E-state index in [0.29, 0.717) is 6.42 Å². The summed E-state index contributed by atoms with van der Waals surface area (Å²) >= 11 is 5.88. The van der Waals surface area contributed by atoms with Crippen molar-refractivity contribution in [2.45, 2.75) is 31.2 Å².